The highest BCUT2D eigenvalue weighted by atomic mass is 16.5. The summed E-state index contributed by atoms with van der Waals surface area (Å²) in [7, 11) is 1.83. The van der Waals surface area contributed by atoms with Crippen molar-refractivity contribution in [2.24, 2.45) is 5.92 Å². The van der Waals surface area contributed by atoms with Crippen LogP contribution in [0.5, 0.6) is 0 Å². The van der Waals surface area contributed by atoms with Crippen molar-refractivity contribution in [1.82, 2.24) is 10.6 Å². The average molecular weight is 174 g/mol. The normalized spacial score (nSPS) is 10.0. The Balaban J connectivity index is 3.22. The minimum absolute atomic E-state index is 0.334. The predicted octanol–water partition coefficient (Wildman–Crippen LogP) is 0.588. The van der Waals surface area contributed by atoms with E-state index < -0.39 is 0 Å². The molecule has 0 aromatic rings. The van der Waals surface area contributed by atoms with Crippen molar-refractivity contribution in [2.45, 2.75) is 13.8 Å². The monoisotopic (exact) mass is 174 g/mol. The van der Waals surface area contributed by atoms with Gasteiger partial charge in [-0.25, -0.2) is 4.79 Å². The molecule has 0 heterocycles. The van der Waals surface area contributed by atoms with Gasteiger partial charge in [-0.3, -0.25) is 0 Å². The quantitative estimate of drug-likeness (QED) is 0.600. The number of carbonyl (C=O) groups excluding carboxylic acids is 1. The van der Waals surface area contributed by atoms with Crippen LogP contribution in [0.3, 0.4) is 0 Å². The largest absolute Gasteiger partial charge is 0.449 e. The molecule has 4 nitrogen and oxygen atoms in total. The van der Waals surface area contributed by atoms with E-state index in [1.807, 2.05) is 20.9 Å². The number of alkyl carbamates (subject to hydrolysis) is 1. The van der Waals surface area contributed by atoms with Gasteiger partial charge in [0.1, 0.15) is 0 Å². The van der Waals surface area contributed by atoms with E-state index in [0.717, 1.165) is 6.54 Å². The van der Waals surface area contributed by atoms with Crippen molar-refractivity contribution in [2.75, 3.05) is 26.7 Å². The second-order valence-corrected chi connectivity index (χ2v) is 3.02. The molecule has 0 aromatic heterocycles. The van der Waals surface area contributed by atoms with Crippen LogP contribution in [0.1, 0.15) is 13.8 Å². The fraction of sp³-hybridized carbons (Fsp3) is 0.875. The third kappa shape index (κ3) is 7.34. The Morgan fingerprint density at radius 2 is 2.08 bits per heavy atom. The second-order valence-electron chi connectivity index (χ2n) is 3.02. The number of likely N-dealkylation sites (N-methyl/N-ethyl adjacent to an activating group) is 1. The molecule has 0 spiro atoms. The molecule has 2 N–H and O–H groups in total. The summed E-state index contributed by atoms with van der Waals surface area (Å²) >= 11 is 0. The molecule has 4 heteroatoms. The topological polar surface area (TPSA) is 50.4 Å². The van der Waals surface area contributed by atoms with Crippen LogP contribution in [0, 0.1) is 5.92 Å². The maximum absolute atomic E-state index is 10.9. The van der Waals surface area contributed by atoms with E-state index in [0.29, 0.717) is 19.1 Å². The number of carbonyl (C=O) groups is 1. The highest BCUT2D eigenvalue weighted by Crippen LogP contribution is 1.91. The number of ether oxygens (including phenoxy) is 1. The van der Waals surface area contributed by atoms with E-state index in [-0.39, 0.29) is 6.09 Å². The van der Waals surface area contributed by atoms with Crippen molar-refractivity contribution in [3.8, 4) is 0 Å². The van der Waals surface area contributed by atoms with E-state index in [4.69, 9.17) is 4.74 Å². The highest BCUT2D eigenvalue weighted by molar-refractivity contribution is 5.67. The first-order valence-electron chi connectivity index (χ1n) is 4.22. The standard InChI is InChI=1S/C8H18N2O2/c1-7(2)6-12-8(11)10-5-4-9-3/h7,9H,4-6H2,1-3H3,(H,10,11). The first-order valence-corrected chi connectivity index (χ1v) is 4.22. The van der Waals surface area contributed by atoms with Gasteiger partial charge in [0.25, 0.3) is 0 Å². The number of hydrogen-bond donors (Lipinski definition) is 2. The van der Waals surface area contributed by atoms with Gasteiger partial charge >= 0.3 is 6.09 Å². The predicted molar refractivity (Wildman–Crippen MR) is 48.1 cm³/mol. The molecule has 0 aliphatic heterocycles. The highest BCUT2D eigenvalue weighted by Gasteiger charge is 2.01. The van der Waals surface area contributed by atoms with Crippen molar-refractivity contribution >= 4 is 6.09 Å². The number of amides is 1. The lowest BCUT2D eigenvalue weighted by atomic mass is 10.2. The van der Waals surface area contributed by atoms with Crippen LogP contribution < -0.4 is 10.6 Å². The third-order valence-electron chi connectivity index (χ3n) is 1.19. The smallest absolute Gasteiger partial charge is 0.407 e. The van der Waals surface area contributed by atoms with Crippen molar-refractivity contribution in [3.63, 3.8) is 0 Å². The van der Waals surface area contributed by atoms with E-state index in [1.165, 1.54) is 0 Å². The van der Waals surface area contributed by atoms with Gasteiger partial charge in [-0.2, -0.15) is 0 Å². The molecule has 72 valence electrons. The van der Waals surface area contributed by atoms with Crippen molar-refractivity contribution in [3.05, 3.63) is 0 Å². The lowest BCUT2D eigenvalue weighted by Crippen LogP contribution is -2.31. The molecule has 0 unspecified atom stereocenters. The Bertz CT molecular complexity index is 126. The molecule has 0 bridgehead atoms. The Morgan fingerprint density at radius 3 is 2.58 bits per heavy atom. The molecular weight excluding hydrogens is 156 g/mol. The van der Waals surface area contributed by atoms with Crippen molar-refractivity contribution < 1.29 is 9.53 Å². The molecule has 0 aromatic carbocycles. The van der Waals surface area contributed by atoms with E-state index in [2.05, 4.69) is 10.6 Å². The summed E-state index contributed by atoms with van der Waals surface area (Å²) in [6, 6.07) is 0. The van der Waals surface area contributed by atoms with E-state index in [1.54, 1.807) is 0 Å². The zero-order valence-corrected chi connectivity index (χ0v) is 8.02. The minimum Gasteiger partial charge on any atom is -0.449 e. The van der Waals surface area contributed by atoms with Crippen LogP contribution in [0.2, 0.25) is 0 Å². The molecule has 12 heavy (non-hydrogen) atoms. The fourth-order valence-electron chi connectivity index (χ4n) is 0.583. The Hall–Kier alpha value is -0.770. The fourth-order valence-corrected chi connectivity index (χ4v) is 0.583. The van der Waals surface area contributed by atoms with Crippen LogP contribution in [0.4, 0.5) is 4.79 Å². The van der Waals surface area contributed by atoms with Gasteiger partial charge in [-0.05, 0) is 13.0 Å². The molecule has 1 amide bonds. The molecule has 0 atom stereocenters. The van der Waals surface area contributed by atoms with E-state index >= 15 is 0 Å². The minimum atomic E-state index is -0.334. The average Bonchev–Trinajstić information content (AvgIpc) is 2.01. The van der Waals surface area contributed by atoms with E-state index in [9.17, 15) is 4.79 Å². The molecule has 0 aliphatic carbocycles. The molecule has 0 saturated carbocycles. The molecule has 0 radical (unpaired) electrons. The van der Waals surface area contributed by atoms with Gasteiger partial charge in [-0.1, -0.05) is 13.8 Å². The van der Waals surface area contributed by atoms with Crippen LogP contribution in [-0.2, 0) is 4.74 Å². The zero-order valence-electron chi connectivity index (χ0n) is 8.02. The Kier molecular flexibility index (Phi) is 6.47. The van der Waals surface area contributed by atoms with Gasteiger partial charge in [0.2, 0.25) is 0 Å². The maximum Gasteiger partial charge on any atom is 0.407 e. The Morgan fingerprint density at radius 1 is 1.42 bits per heavy atom. The second kappa shape index (κ2) is 6.91. The zero-order chi connectivity index (χ0) is 9.40. The summed E-state index contributed by atoms with van der Waals surface area (Å²) in [6.45, 7) is 5.84. The van der Waals surface area contributed by atoms with Gasteiger partial charge < -0.3 is 15.4 Å². The summed E-state index contributed by atoms with van der Waals surface area (Å²) < 4.78 is 4.87. The molecule has 0 saturated heterocycles. The lowest BCUT2D eigenvalue weighted by molar-refractivity contribution is 0.133. The summed E-state index contributed by atoms with van der Waals surface area (Å²) in [5.41, 5.74) is 0. The molecule has 0 fully saturated rings. The summed E-state index contributed by atoms with van der Waals surface area (Å²) in [5, 5.41) is 5.53. The lowest BCUT2D eigenvalue weighted by Gasteiger charge is -2.07. The SMILES string of the molecule is CNCCNC(=O)OCC(C)C. The maximum atomic E-state index is 10.9. The Labute approximate surface area is 73.7 Å². The molecule has 0 rings (SSSR count). The number of nitrogens with one attached hydrogen (secondary N) is 2. The van der Waals surface area contributed by atoms with Crippen LogP contribution in [-0.4, -0.2) is 32.8 Å². The van der Waals surface area contributed by atoms with Gasteiger partial charge in [0, 0.05) is 13.1 Å². The van der Waals surface area contributed by atoms with Gasteiger partial charge in [0.05, 0.1) is 6.61 Å². The first kappa shape index (κ1) is 11.2. The summed E-state index contributed by atoms with van der Waals surface area (Å²) in [6.07, 6.45) is -0.334. The van der Waals surface area contributed by atoms with Crippen LogP contribution in [0.25, 0.3) is 0 Å². The van der Waals surface area contributed by atoms with Crippen molar-refractivity contribution in [1.29, 1.82) is 0 Å². The summed E-state index contributed by atoms with van der Waals surface area (Å²) in [4.78, 5) is 10.9. The summed E-state index contributed by atoms with van der Waals surface area (Å²) in [5.74, 6) is 0.389. The molecule has 0 aliphatic rings. The number of hydrogen-bond acceptors (Lipinski definition) is 3. The van der Waals surface area contributed by atoms with Crippen LogP contribution >= 0.6 is 0 Å². The van der Waals surface area contributed by atoms with Gasteiger partial charge in [0.15, 0.2) is 0 Å². The van der Waals surface area contributed by atoms with Gasteiger partial charge in [-0.15, -0.1) is 0 Å². The number of rotatable bonds is 5. The molecular formula is C8H18N2O2. The van der Waals surface area contributed by atoms with Crippen LogP contribution in [0.15, 0.2) is 0 Å². The third-order valence-corrected chi connectivity index (χ3v) is 1.19. The first-order chi connectivity index (χ1) is 5.66.